The number of ether oxygens (including phenoxy) is 1. The molecule has 1 rings (SSSR count). The number of aryl methyl sites for hydroxylation is 2. The van der Waals surface area contributed by atoms with E-state index in [0.717, 1.165) is 11.1 Å². The Morgan fingerprint density at radius 3 is 2.18 bits per heavy atom. The summed E-state index contributed by atoms with van der Waals surface area (Å²) in [6.45, 7) is 3.74. The van der Waals surface area contributed by atoms with Gasteiger partial charge in [0.25, 0.3) is 5.91 Å². The predicted molar refractivity (Wildman–Crippen MR) is 61.8 cm³/mol. The summed E-state index contributed by atoms with van der Waals surface area (Å²) in [5, 5.41) is 11.0. The van der Waals surface area contributed by atoms with Crippen molar-refractivity contribution in [3.8, 4) is 0 Å². The standard InChI is InChI=1S/C12H15NO4/c1-7-4-8(2)6-9(5-7)10(14)13-11(17-3)12(15)16/h4-6,11H,1-3H3,(H,13,14)(H,15,16). The molecule has 0 bridgehead atoms. The van der Waals surface area contributed by atoms with E-state index in [1.165, 1.54) is 7.11 Å². The first kappa shape index (κ1) is 13.2. The van der Waals surface area contributed by atoms with Crippen LogP contribution in [0.4, 0.5) is 0 Å². The number of hydrogen-bond acceptors (Lipinski definition) is 3. The molecule has 0 radical (unpaired) electrons. The summed E-state index contributed by atoms with van der Waals surface area (Å²) in [5.41, 5.74) is 2.31. The van der Waals surface area contributed by atoms with E-state index in [-0.39, 0.29) is 0 Å². The van der Waals surface area contributed by atoms with E-state index in [2.05, 4.69) is 10.1 Å². The highest BCUT2D eigenvalue weighted by atomic mass is 16.5. The van der Waals surface area contributed by atoms with Crippen LogP contribution in [0.25, 0.3) is 0 Å². The highest BCUT2D eigenvalue weighted by Crippen LogP contribution is 2.09. The highest BCUT2D eigenvalue weighted by molar-refractivity contribution is 5.96. The zero-order valence-electron chi connectivity index (χ0n) is 9.98. The van der Waals surface area contributed by atoms with Gasteiger partial charge in [-0.2, -0.15) is 0 Å². The van der Waals surface area contributed by atoms with Crippen molar-refractivity contribution in [1.82, 2.24) is 5.32 Å². The van der Waals surface area contributed by atoms with Crippen molar-refractivity contribution in [2.24, 2.45) is 0 Å². The first-order valence-corrected chi connectivity index (χ1v) is 5.09. The lowest BCUT2D eigenvalue weighted by Crippen LogP contribution is -2.42. The predicted octanol–water partition coefficient (Wildman–Crippen LogP) is 1.09. The molecule has 2 N–H and O–H groups in total. The van der Waals surface area contributed by atoms with Gasteiger partial charge in [0.05, 0.1) is 0 Å². The number of carbonyl (C=O) groups is 2. The van der Waals surface area contributed by atoms with Crippen LogP contribution < -0.4 is 5.32 Å². The van der Waals surface area contributed by atoms with Crippen molar-refractivity contribution < 1.29 is 19.4 Å². The van der Waals surface area contributed by atoms with E-state index in [4.69, 9.17) is 5.11 Å². The number of benzene rings is 1. The number of rotatable bonds is 4. The zero-order chi connectivity index (χ0) is 13.0. The van der Waals surface area contributed by atoms with Crippen LogP contribution in [0.1, 0.15) is 21.5 Å². The smallest absolute Gasteiger partial charge is 0.354 e. The molecule has 1 atom stereocenters. The van der Waals surface area contributed by atoms with E-state index in [1.807, 2.05) is 19.9 Å². The SMILES string of the molecule is COC(NC(=O)c1cc(C)cc(C)c1)C(=O)O. The Morgan fingerprint density at radius 1 is 1.24 bits per heavy atom. The minimum atomic E-state index is -1.33. The fraction of sp³-hybridized carbons (Fsp3) is 0.333. The zero-order valence-corrected chi connectivity index (χ0v) is 9.98. The maximum Gasteiger partial charge on any atom is 0.354 e. The summed E-state index contributed by atoms with van der Waals surface area (Å²) in [6, 6.07) is 5.32. The van der Waals surface area contributed by atoms with Gasteiger partial charge in [-0.15, -0.1) is 0 Å². The van der Waals surface area contributed by atoms with Crippen molar-refractivity contribution in [2.45, 2.75) is 20.1 Å². The summed E-state index contributed by atoms with van der Waals surface area (Å²) in [7, 11) is 1.22. The Balaban J connectivity index is 2.86. The maximum absolute atomic E-state index is 11.8. The van der Waals surface area contributed by atoms with Gasteiger partial charge in [-0.05, 0) is 26.0 Å². The Labute approximate surface area is 99.4 Å². The van der Waals surface area contributed by atoms with Crippen LogP contribution in [0.2, 0.25) is 0 Å². The van der Waals surface area contributed by atoms with Crippen LogP contribution in [0.5, 0.6) is 0 Å². The van der Waals surface area contributed by atoms with Crippen LogP contribution in [0.3, 0.4) is 0 Å². The molecule has 1 aromatic carbocycles. The van der Waals surface area contributed by atoms with E-state index < -0.39 is 18.1 Å². The molecule has 92 valence electrons. The normalized spacial score (nSPS) is 11.9. The molecule has 1 amide bonds. The number of carbonyl (C=O) groups excluding carboxylic acids is 1. The van der Waals surface area contributed by atoms with Gasteiger partial charge in [0.2, 0.25) is 6.23 Å². The number of hydrogen-bond donors (Lipinski definition) is 2. The average molecular weight is 237 g/mol. The monoisotopic (exact) mass is 237 g/mol. The lowest BCUT2D eigenvalue weighted by atomic mass is 10.1. The summed E-state index contributed by atoms with van der Waals surface area (Å²) in [4.78, 5) is 22.5. The van der Waals surface area contributed by atoms with Crippen LogP contribution in [0.15, 0.2) is 18.2 Å². The van der Waals surface area contributed by atoms with Crippen LogP contribution in [0, 0.1) is 13.8 Å². The lowest BCUT2D eigenvalue weighted by Gasteiger charge is -2.13. The molecule has 5 heteroatoms. The first-order chi connectivity index (χ1) is 7.93. The topological polar surface area (TPSA) is 75.6 Å². The van der Waals surface area contributed by atoms with Crippen molar-refractivity contribution in [3.63, 3.8) is 0 Å². The Morgan fingerprint density at radius 2 is 1.76 bits per heavy atom. The lowest BCUT2D eigenvalue weighted by molar-refractivity contribution is -0.149. The van der Waals surface area contributed by atoms with Crippen molar-refractivity contribution >= 4 is 11.9 Å². The number of carboxylic acid groups (broad SMARTS) is 1. The molecule has 0 saturated carbocycles. The molecule has 0 aliphatic carbocycles. The van der Waals surface area contributed by atoms with E-state index >= 15 is 0 Å². The molecule has 1 aromatic rings. The number of aliphatic carboxylic acids is 1. The van der Waals surface area contributed by atoms with E-state index in [9.17, 15) is 9.59 Å². The van der Waals surface area contributed by atoms with Crippen molar-refractivity contribution in [1.29, 1.82) is 0 Å². The highest BCUT2D eigenvalue weighted by Gasteiger charge is 2.19. The van der Waals surface area contributed by atoms with Crippen LogP contribution >= 0.6 is 0 Å². The van der Waals surface area contributed by atoms with Gasteiger partial charge in [-0.25, -0.2) is 4.79 Å². The Hall–Kier alpha value is -1.88. The van der Waals surface area contributed by atoms with E-state index in [1.54, 1.807) is 12.1 Å². The minimum Gasteiger partial charge on any atom is -0.478 e. The molecule has 0 spiro atoms. The van der Waals surface area contributed by atoms with Gasteiger partial charge >= 0.3 is 5.97 Å². The third kappa shape index (κ3) is 3.57. The number of amides is 1. The molecule has 0 saturated heterocycles. The fourth-order valence-corrected chi connectivity index (χ4v) is 1.53. The Kier molecular flexibility index (Phi) is 4.23. The minimum absolute atomic E-state index is 0.422. The van der Waals surface area contributed by atoms with Gasteiger partial charge in [0, 0.05) is 12.7 Å². The van der Waals surface area contributed by atoms with Crippen molar-refractivity contribution in [3.05, 3.63) is 34.9 Å². The third-order valence-electron chi connectivity index (χ3n) is 2.21. The Bertz CT molecular complexity index is 422. The van der Waals surface area contributed by atoms with Gasteiger partial charge in [-0.3, -0.25) is 4.79 Å². The quantitative estimate of drug-likeness (QED) is 0.769. The summed E-state index contributed by atoms with van der Waals surface area (Å²) < 4.78 is 4.63. The first-order valence-electron chi connectivity index (χ1n) is 5.09. The molecule has 0 aliphatic rings. The summed E-state index contributed by atoms with van der Waals surface area (Å²) >= 11 is 0. The molecule has 0 aromatic heterocycles. The molecule has 0 heterocycles. The fourth-order valence-electron chi connectivity index (χ4n) is 1.53. The molecular weight excluding hydrogens is 222 g/mol. The van der Waals surface area contributed by atoms with Gasteiger partial charge < -0.3 is 15.2 Å². The summed E-state index contributed by atoms with van der Waals surface area (Å²) in [6.07, 6.45) is -1.33. The maximum atomic E-state index is 11.8. The second kappa shape index (κ2) is 5.45. The molecule has 0 aliphatic heterocycles. The average Bonchev–Trinajstić information content (AvgIpc) is 2.23. The van der Waals surface area contributed by atoms with Gasteiger partial charge in [0.1, 0.15) is 0 Å². The van der Waals surface area contributed by atoms with E-state index in [0.29, 0.717) is 5.56 Å². The van der Waals surface area contributed by atoms with Crippen LogP contribution in [-0.4, -0.2) is 30.3 Å². The number of methoxy groups -OCH3 is 1. The molecule has 0 fully saturated rings. The molecule has 5 nitrogen and oxygen atoms in total. The number of carboxylic acids is 1. The second-order valence-corrected chi connectivity index (χ2v) is 3.80. The summed E-state index contributed by atoms with van der Waals surface area (Å²) in [5.74, 6) is -1.70. The molecule has 1 unspecified atom stereocenters. The third-order valence-corrected chi connectivity index (χ3v) is 2.21. The van der Waals surface area contributed by atoms with Crippen LogP contribution in [-0.2, 0) is 9.53 Å². The van der Waals surface area contributed by atoms with Crippen molar-refractivity contribution in [2.75, 3.05) is 7.11 Å². The largest absolute Gasteiger partial charge is 0.478 e. The second-order valence-electron chi connectivity index (χ2n) is 3.80. The molecule has 17 heavy (non-hydrogen) atoms. The number of nitrogens with one attached hydrogen (secondary N) is 1. The van der Waals surface area contributed by atoms with Gasteiger partial charge in [-0.1, -0.05) is 17.2 Å². The van der Waals surface area contributed by atoms with Gasteiger partial charge in [0.15, 0.2) is 0 Å². The molecular formula is C12H15NO4.